The second-order valence-corrected chi connectivity index (χ2v) is 4.01. The quantitative estimate of drug-likeness (QED) is 0.668. The highest BCUT2D eigenvalue weighted by Crippen LogP contribution is 2.24. The number of nitrogens with zero attached hydrogens (tertiary/aromatic N) is 1. The van der Waals surface area contributed by atoms with Crippen molar-refractivity contribution < 1.29 is 23.8 Å². The van der Waals surface area contributed by atoms with Crippen LogP contribution in [0.3, 0.4) is 0 Å². The number of carboxylic acid groups (broad SMARTS) is 1. The molecular formula is C14H11NO5. The summed E-state index contributed by atoms with van der Waals surface area (Å²) in [5.41, 5.74) is 1.30. The molecule has 0 spiro atoms. The standard InChI is InChI=1S/C14H11NO5/c1-9-6-10(2-4-12(9)15-8-16)19-7-11-3-5-13(20-11)14(17)18/h2-6H,7H2,1H3,(H,17,18). The number of ether oxygens (including phenoxy) is 1. The topological polar surface area (TPSA) is 89.1 Å². The van der Waals surface area contributed by atoms with E-state index in [2.05, 4.69) is 4.99 Å². The Hall–Kier alpha value is -2.85. The molecule has 0 amide bonds. The maximum Gasteiger partial charge on any atom is 0.371 e. The Morgan fingerprint density at radius 2 is 2.20 bits per heavy atom. The first-order valence-corrected chi connectivity index (χ1v) is 5.73. The molecule has 20 heavy (non-hydrogen) atoms. The Morgan fingerprint density at radius 1 is 1.40 bits per heavy atom. The van der Waals surface area contributed by atoms with Gasteiger partial charge in [0.05, 0.1) is 5.69 Å². The number of carbonyl (C=O) groups is 1. The number of carboxylic acids is 1. The van der Waals surface area contributed by atoms with E-state index in [0.717, 1.165) is 5.56 Å². The van der Waals surface area contributed by atoms with Gasteiger partial charge < -0.3 is 14.3 Å². The van der Waals surface area contributed by atoms with Crippen LogP contribution in [0.25, 0.3) is 0 Å². The fourth-order valence-corrected chi connectivity index (χ4v) is 1.62. The maximum atomic E-state index is 10.7. The van der Waals surface area contributed by atoms with E-state index in [1.165, 1.54) is 12.1 Å². The average Bonchev–Trinajstić information content (AvgIpc) is 2.88. The fraction of sp³-hybridized carbons (Fsp3) is 0.143. The van der Waals surface area contributed by atoms with Gasteiger partial charge in [0.15, 0.2) is 0 Å². The summed E-state index contributed by atoms with van der Waals surface area (Å²) in [7, 11) is 0. The van der Waals surface area contributed by atoms with Gasteiger partial charge in [-0.2, -0.15) is 4.99 Å². The molecule has 0 saturated heterocycles. The molecule has 6 heteroatoms. The number of rotatable bonds is 5. The molecule has 0 saturated carbocycles. The molecule has 0 unspecified atom stereocenters. The molecule has 0 fully saturated rings. The van der Waals surface area contributed by atoms with Crippen molar-refractivity contribution in [3.05, 3.63) is 47.4 Å². The van der Waals surface area contributed by atoms with Crippen LogP contribution in [0, 0.1) is 6.92 Å². The van der Waals surface area contributed by atoms with Crippen LogP contribution in [0.4, 0.5) is 5.69 Å². The number of benzene rings is 1. The number of hydrogen-bond donors (Lipinski definition) is 1. The minimum Gasteiger partial charge on any atom is -0.486 e. The van der Waals surface area contributed by atoms with E-state index in [4.69, 9.17) is 14.3 Å². The first-order chi connectivity index (χ1) is 9.60. The van der Waals surface area contributed by atoms with Gasteiger partial charge in [-0.05, 0) is 42.8 Å². The Kier molecular flexibility index (Phi) is 3.98. The van der Waals surface area contributed by atoms with Gasteiger partial charge in [-0.1, -0.05) is 0 Å². The number of furan rings is 1. The zero-order chi connectivity index (χ0) is 14.5. The minimum atomic E-state index is -1.12. The summed E-state index contributed by atoms with van der Waals surface area (Å²) in [6, 6.07) is 7.93. The summed E-state index contributed by atoms with van der Waals surface area (Å²) < 4.78 is 10.5. The number of carbonyl (C=O) groups excluding carboxylic acids is 1. The van der Waals surface area contributed by atoms with Gasteiger partial charge in [-0.3, -0.25) is 0 Å². The van der Waals surface area contributed by atoms with E-state index in [1.54, 1.807) is 31.2 Å². The van der Waals surface area contributed by atoms with Gasteiger partial charge >= 0.3 is 5.97 Å². The molecule has 0 bridgehead atoms. The van der Waals surface area contributed by atoms with E-state index >= 15 is 0 Å². The smallest absolute Gasteiger partial charge is 0.371 e. The third-order valence-electron chi connectivity index (χ3n) is 2.59. The van der Waals surface area contributed by atoms with Gasteiger partial charge in [0.25, 0.3) is 0 Å². The molecule has 1 aromatic carbocycles. The van der Waals surface area contributed by atoms with Crippen molar-refractivity contribution in [2.24, 2.45) is 4.99 Å². The molecular weight excluding hydrogens is 262 g/mol. The highest BCUT2D eigenvalue weighted by atomic mass is 16.5. The van der Waals surface area contributed by atoms with Crippen LogP contribution in [0.15, 0.2) is 39.7 Å². The molecule has 0 atom stereocenters. The van der Waals surface area contributed by atoms with Crippen molar-refractivity contribution in [3.8, 4) is 5.75 Å². The lowest BCUT2D eigenvalue weighted by Crippen LogP contribution is -1.95. The van der Waals surface area contributed by atoms with Gasteiger partial charge in [0.1, 0.15) is 18.1 Å². The van der Waals surface area contributed by atoms with Crippen molar-refractivity contribution in [3.63, 3.8) is 0 Å². The summed E-state index contributed by atoms with van der Waals surface area (Å²) in [6.45, 7) is 1.90. The first kappa shape index (κ1) is 13.6. The molecule has 1 N–H and O–H groups in total. The fourth-order valence-electron chi connectivity index (χ4n) is 1.62. The molecule has 0 aliphatic rings. The first-order valence-electron chi connectivity index (χ1n) is 5.73. The molecule has 0 aliphatic heterocycles. The largest absolute Gasteiger partial charge is 0.486 e. The summed E-state index contributed by atoms with van der Waals surface area (Å²) in [5.74, 6) is -0.269. The number of aryl methyl sites for hydroxylation is 1. The minimum absolute atomic E-state index is 0.114. The second kappa shape index (κ2) is 5.86. The van der Waals surface area contributed by atoms with Crippen LogP contribution in [-0.2, 0) is 11.4 Å². The molecule has 0 radical (unpaired) electrons. The van der Waals surface area contributed by atoms with E-state index in [-0.39, 0.29) is 12.4 Å². The normalized spacial score (nSPS) is 9.85. The monoisotopic (exact) mass is 273 g/mol. The predicted molar refractivity (Wildman–Crippen MR) is 69.0 cm³/mol. The lowest BCUT2D eigenvalue weighted by Gasteiger charge is -2.06. The Labute approximate surface area is 114 Å². The molecule has 1 aromatic heterocycles. The molecule has 2 rings (SSSR count). The van der Waals surface area contributed by atoms with Crippen molar-refractivity contribution >= 4 is 17.7 Å². The lowest BCUT2D eigenvalue weighted by molar-refractivity contribution is 0.0658. The maximum absolute atomic E-state index is 10.7. The van der Waals surface area contributed by atoms with Crippen LogP contribution >= 0.6 is 0 Å². The highest BCUT2D eigenvalue weighted by Gasteiger charge is 2.09. The highest BCUT2D eigenvalue weighted by molar-refractivity contribution is 5.84. The molecule has 2 aromatic rings. The van der Waals surface area contributed by atoms with E-state index in [9.17, 15) is 9.59 Å². The zero-order valence-electron chi connectivity index (χ0n) is 10.6. The van der Waals surface area contributed by atoms with Crippen LogP contribution in [0.2, 0.25) is 0 Å². The predicted octanol–water partition coefficient (Wildman–Crippen LogP) is 2.83. The average molecular weight is 273 g/mol. The molecule has 0 aliphatic carbocycles. The number of isocyanates is 1. The SMILES string of the molecule is Cc1cc(OCc2ccc(C(=O)O)o2)ccc1N=C=O. The van der Waals surface area contributed by atoms with Crippen molar-refractivity contribution in [1.29, 1.82) is 0 Å². The van der Waals surface area contributed by atoms with Gasteiger partial charge in [0.2, 0.25) is 11.8 Å². The second-order valence-electron chi connectivity index (χ2n) is 4.01. The zero-order valence-corrected chi connectivity index (χ0v) is 10.6. The Bertz CT molecular complexity index is 683. The lowest BCUT2D eigenvalue weighted by atomic mass is 10.2. The van der Waals surface area contributed by atoms with Gasteiger partial charge in [-0.25, -0.2) is 9.59 Å². The van der Waals surface area contributed by atoms with Crippen molar-refractivity contribution in [2.75, 3.05) is 0 Å². The third kappa shape index (κ3) is 3.13. The van der Waals surface area contributed by atoms with E-state index in [1.807, 2.05) is 0 Å². The summed E-state index contributed by atoms with van der Waals surface area (Å²) >= 11 is 0. The summed E-state index contributed by atoms with van der Waals surface area (Å²) in [6.07, 6.45) is 1.48. The third-order valence-corrected chi connectivity index (χ3v) is 2.59. The van der Waals surface area contributed by atoms with Crippen LogP contribution in [0.5, 0.6) is 5.75 Å². The number of aliphatic imine (C=N–C) groups is 1. The van der Waals surface area contributed by atoms with Crippen LogP contribution in [0.1, 0.15) is 21.9 Å². The number of hydrogen-bond acceptors (Lipinski definition) is 5. The molecule has 6 nitrogen and oxygen atoms in total. The van der Waals surface area contributed by atoms with Gasteiger partial charge in [0, 0.05) is 0 Å². The van der Waals surface area contributed by atoms with Crippen molar-refractivity contribution in [2.45, 2.75) is 13.5 Å². The van der Waals surface area contributed by atoms with Crippen LogP contribution in [-0.4, -0.2) is 17.2 Å². The van der Waals surface area contributed by atoms with Crippen molar-refractivity contribution in [1.82, 2.24) is 0 Å². The van der Waals surface area contributed by atoms with Crippen LogP contribution < -0.4 is 4.74 Å². The Balaban J connectivity index is 2.05. The molecule has 1 heterocycles. The number of aromatic carboxylic acids is 1. The van der Waals surface area contributed by atoms with E-state index in [0.29, 0.717) is 17.2 Å². The molecule has 102 valence electrons. The summed E-state index contributed by atoms with van der Waals surface area (Å²) in [4.78, 5) is 24.4. The summed E-state index contributed by atoms with van der Waals surface area (Å²) in [5, 5.41) is 8.72. The van der Waals surface area contributed by atoms with Gasteiger partial charge in [-0.15, -0.1) is 0 Å². The van der Waals surface area contributed by atoms with E-state index < -0.39 is 5.97 Å². The Morgan fingerprint density at radius 3 is 2.80 bits per heavy atom.